The number of carbonyl (C=O) groups excluding carboxylic acids is 1. The lowest BCUT2D eigenvalue weighted by molar-refractivity contribution is 0.559. The molecule has 2 nitrogen and oxygen atoms in total. The normalized spacial score (nSPS) is 11.6. The highest BCUT2D eigenvalue weighted by Crippen LogP contribution is 2.20. The first-order valence-corrected chi connectivity index (χ1v) is 4.48. The van der Waals surface area contributed by atoms with Gasteiger partial charge in [0.25, 0.3) is 0 Å². The third-order valence-corrected chi connectivity index (χ3v) is 2.11. The van der Waals surface area contributed by atoms with E-state index in [0.717, 1.165) is 16.7 Å². The molecule has 1 unspecified atom stereocenters. The van der Waals surface area contributed by atoms with Gasteiger partial charge in [0.2, 0.25) is 6.08 Å². The largest absolute Gasteiger partial charge is 0.235 e. The Hall–Kier alpha value is -1.66. The Morgan fingerprint density at radius 2 is 2.29 bits per heavy atom. The van der Waals surface area contributed by atoms with Crippen molar-refractivity contribution in [3.63, 3.8) is 0 Å². The fraction of sp³-hybridized carbons (Fsp3) is 0.250. The zero-order chi connectivity index (χ0) is 10.6. The molecular formula is C12H13NO. The van der Waals surface area contributed by atoms with E-state index in [-0.39, 0.29) is 6.04 Å². The van der Waals surface area contributed by atoms with Crippen molar-refractivity contribution in [1.29, 1.82) is 0 Å². The van der Waals surface area contributed by atoms with E-state index >= 15 is 0 Å². The molecule has 1 rings (SSSR count). The minimum Gasteiger partial charge on any atom is -0.211 e. The molecule has 1 aromatic rings. The van der Waals surface area contributed by atoms with Gasteiger partial charge in [-0.1, -0.05) is 30.4 Å². The average molecular weight is 187 g/mol. The Kier molecular flexibility index (Phi) is 3.38. The maximum absolute atomic E-state index is 10.1. The Bertz CT molecular complexity index is 389. The van der Waals surface area contributed by atoms with Gasteiger partial charge in [-0.25, -0.2) is 4.79 Å². The first-order chi connectivity index (χ1) is 6.65. The number of allylic oxidation sites excluding steroid dienone is 1. The zero-order valence-electron chi connectivity index (χ0n) is 8.45. The molecule has 0 aliphatic rings. The SMILES string of the molecule is C=C(C)c1cccc(C(C)N=C=O)c1. The second kappa shape index (κ2) is 4.54. The number of aliphatic imine (C=N–C) groups is 1. The highest BCUT2D eigenvalue weighted by Gasteiger charge is 2.03. The number of hydrogen-bond acceptors (Lipinski definition) is 2. The second-order valence-corrected chi connectivity index (χ2v) is 3.30. The van der Waals surface area contributed by atoms with Gasteiger partial charge in [0.15, 0.2) is 0 Å². The van der Waals surface area contributed by atoms with Gasteiger partial charge in [-0.05, 0) is 31.0 Å². The number of rotatable bonds is 3. The lowest BCUT2D eigenvalue weighted by Crippen LogP contribution is -1.90. The Labute approximate surface area is 84.0 Å². The minimum atomic E-state index is -0.133. The lowest BCUT2D eigenvalue weighted by atomic mass is 10.0. The van der Waals surface area contributed by atoms with E-state index < -0.39 is 0 Å². The van der Waals surface area contributed by atoms with E-state index in [1.807, 2.05) is 38.1 Å². The van der Waals surface area contributed by atoms with Crippen LogP contribution in [-0.4, -0.2) is 6.08 Å². The second-order valence-electron chi connectivity index (χ2n) is 3.30. The van der Waals surface area contributed by atoms with E-state index in [4.69, 9.17) is 0 Å². The van der Waals surface area contributed by atoms with Gasteiger partial charge in [0.05, 0.1) is 6.04 Å². The van der Waals surface area contributed by atoms with Crippen LogP contribution in [-0.2, 0) is 4.79 Å². The first kappa shape index (κ1) is 10.4. The van der Waals surface area contributed by atoms with Crippen molar-refractivity contribution in [2.24, 2.45) is 4.99 Å². The molecule has 2 heteroatoms. The molecule has 0 radical (unpaired) electrons. The van der Waals surface area contributed by atoms with Crippen LogP contribution in [0.15, 0.2) is 35.8 Å². The molecule has 1 atom stereocenters. The Morgan fingerprint density at radius 3 is 2.86 bits per heavy atom. The lowest BCUT2D eigenvalue weighted by Gasteiger charge is -2.06. The standard InChI is InChI=1S/C12H13NO/c1-9(2)11-5-4-6-12(7-11)10(3)13-8-14/h4-7,10H,1H2,2-3H3. The monoisotopic (exact) mass is 187 g/mol. The summed E-state index contributed by atoms with van der Waals surface area (Å²) in [5.41, 5.74) is 3.10. The van der Waals surface area contributed by atoms with Crippen molar-refractivity contribution < 1.29 is 4.79 Å². The fourth-order valence-corrected chi connectivity index (χ4v) is 1.22. The third kappa shape index (κ3) is 2.41. The van der Waals surface area contributed by atoms with Crippen molar-refractivity contribution in [1.82, 2.24) is 0 Å². The molecule has 0 N–H and O–H groups in total. The number of nitrogens with zero attached hydrogens (tertiary/aromatic N) is 1. The van der Waals surface area contributed by atoms with Gasteiger partial charge in [-0.15, -0.1) is 0 Å². The molecule has 72 valence electrons. The van der Waals surface area contributed by atoms with E-state index in [2.05, 4.69) is 11.6 Å². The third-order valence-electron chi connectivity index (χ3n) is 2.11. The molecule has 0 amide bonds. The molecule has 0 spiro atoms. The molecule has 0 saturated heterocycles. The fourth-order valence-electron chi connectivity index (χ4n) is 1.22. The van der Waals surface area contributed by atoms with E-state index in [1.54, 1.807) is 6.08 Å². The van der Waals surface area contributed by atoms with Crippen LogP contribution >= 0.6 is 0 Å². The van der Waals surface area contributed by atoms with Crippen molar-refractivity contribution >= 4 is 11.7 Å². The van der Waals surface area contributed by atoms with Crippen LogP contribution < -0.4 is 0 Å². The smallest absolute Gasteiger partial charge is 0.211 e. The summed E-state index contributed by atoms with van der Waals surface area (Å²) in [4.78, 5) is 13.8. The summed E-state index contributed by atoms with van der Waals surface area (Å²) >= 11 is 0. The topological polar surface area (TPSA) is 29.4 Å². The maximum atomic E-state index is 10.1. The quantitative estimate of drug-likeness (QED) is 0.528. The van der Waals surface area contributed by atoms with Crippen LogP contribution in [0.3, 0.4) is 0 Å². The highest BCUT2D eigenvalue weighted by atomic mass is 16.1. The van der Waals surface area contributed by atoms with Crippen LogP contribution in [0.1, 0.15) is 31.0 Å². The molecule has 0 fully saturated rings. The van der Waals surface area contributed by atoms with Crippen LogP contribution in [0.4, 0.5) is 0 Å². The van der Waals surface area contributed by atoms with Gasteiger partial charge in [-0.3, -0.25) is 0 Å². The average Bonchev–Trinajstić information content (AvgIpc) is 2.18. The Balaban J connectivity index is 3.04. The maximum Gasteiger partial charge on any atom is 0.235 e. The molecule has 0 aliphatic carbocycles. The van der Waals surface area contributed by atoms with Crippen molar-refractivity contribution in [3.8, 4) is 0 Å². The predicted molar refractivity (Wildman–Crippen MR) is 57.7 cm³/mol. The molecule has 1 aromatic carbocycles. The molecule has 0 saturated carbocycles. The van der Waals surface area contributed by atoms with Crippen molar-refractivity contribution in [2.75, 3.05) is 0 Å². The van der Waals surface area contributed by atoms with Crippen LogP contribution in [0.5, 0.6) is 0 Å². The van der Waals surface area contributed by atoms with E-state index in [9.17, 15) is 4.79 Å². The summed E-state index contributed by atoms with van der Waals surface area (Å²) in [6.07, 6.45) is 1.57. The summed E-state index contributed by atoms with van der Waals surface area (Å²) in [5, 5.41) is 0. The summed E-state index contributed by atoms with van der Waals surface area (Å²) in [5.74, 6) is 0. The molecule has 14 heavy (non-hydrogen) atoms. The summed E-state index contributed by atoms with van der Waals surface area (Å²) in [7, 11) is 0. The van der Waals surface area contributed by atoms with Gasteiger partial charge in [0, 0.05) is 0 Å². The molecule has 0 bridgehead atoms. The van der Waals surface area contributed by atoms with E-state index in [1.165, 1.54) is 0 Å². The van der Waals surface area contributed by atoms with E-state index in [0.29, 0.717) is 0 Å². The predicted octanol–water partition coefficient (Wildman–Crippen LogP) is 3.12. The first-order valence-electron chi connectivity index (χ1n) is 4.48. The molecule has 0 aromatic heterocycles. The number of benzene rings is 1. The Morgan fingerprint density at radius 1 is 1.57 bits per heavy atom. The van der Waals surface area contributed by atoms with Gasteiger partial charge < -0.3 is 0 Å². The van der Waals surface area contributed by atoms with Crippen LogP contribution in [0, 0.1) is 0 Å². The number of hydrogen-bond donors (Lipinski definition) is 0. The highest BCUT2D eigenvalue weighted by molar-refractivity contribution is 5.62. The van der Waals surface area contributed by atoms with Crippen molar-refractivity contribution in [2.45, 2.75) is 19.9 Å². The minimum absolute atomic E-state index is 0.133. The molecule has 0 aliphatic heterocycles. The van der Waals surface area contributed by atoms with Crippen LogP contribution in [0.25, 0.3) is 5.57 Å². The molecular weight excluding hydrogens is 174 g/mol. The summed E-state index contributed by atoms with van der Waals surface area (Å²) in [6, 6.07) is 7.73. The van der Waals surface area contributed by atoms with Crippen LogP contribution in [0.2, 0.25) is 0 Å². The number of isocyanates is 1. The zero-order valence-corrected chi connectivity index (χ0v) is 8.45. The summed E-state index contributed by atoms with van der Waals surface area (Å²) < 4.78 is 0. The molecule has 0 heterocycles. The van der Waals surface area contributed by atoms with Gasteiger partial charge >= 0.3 is 0 Å². The van der Waals surface area contributed by atoms with Crippen molar-refractivity contribution in [3.05, 3.63) is 42.0 Å². The summed E-state index contributed by atoms with van der Waals surface area (Å²) in [6.45, 7) is 7.68. The van der Waals surface area contributed by atoms with Gasteiger partial charge in [0.1, 0.15) is 0 Å². The van der Waals surface area contributed by atoms with Gasteiger partial charge in [-0.2, -0.15) is 4.99 Å².